The topological polar surface area (TPSA) is 32.3 Å². The number of amides is 1. The molecule has 3 nitrogen and oxygen atoms in total. The van der Waals surface area contributed by atoms with Gasteiger partial charge in [-0.05, 0) is 38.9 Å². The normalized spacial score (nSPS) is 20.4. The number of carbonyl (C=O) groups excluding carboxylic acids is 1. The zero-order chi connectivity index (χ0) is 10.4. The third-order valence-electron chi connectivity index (χ3n) is 2.87. The number of nitrogens with zero attached hydrogens (tertiary/aromatic N) is 1. The summed E-state index contributed by atoms with van der Waals surface area (Å²) in [6, 6.07) is 0. The summed E-state index contributed by atoms with van der Waals surface area (Å²) in [4.78, 5) is 13.7. The SMILES string of the molecule is CC(CCN1CCCCC1)C(=O)NI. The Hall–Kier alpha value is 0.160. The molecule has 0 saturated carbocycles. The molecule has 14 heavy (non-hydrogen) atoms. The number of rotatable bonds is 4. The molecule has 1 saturated heterocycles. The Morgan fingerprint density at radius 2 is 2.07 bits per heavy atom. The summed E-state index contributed by atoms with van der Waals surface area (Å²) in [6.45, 7) is 5.51. The van der Waals surface area contributed by atoms with Crippen LogP contribution in [0, 0.1) is 5.92 Å². The molecule has 0 bridgehead atoms. The predicted molar refractivity (Wildman–Crippen MR) is 66.2 cm³/mol. The molecule has 0 aromatic rings. The number of hydrogen-bond acceptors (Lipinski definition) is 2. The Morgan fingerprint density at radius 3 is 2.64 bits per heavy atom. The molecule has 4 heteroatoms. The lowest BCUT2D eigenvalue weighted by atomic mass is 10.1. The first-order valence-electron chi connectivity index (χ1n) is 5.37. The second-order valence-corrected chi connectivity index (χ2v) is 4.59. The van der Waals surface area contributed by atoms with E-state index in [1.54, 1.807) is 0 Å². The van der Waals surface area contributed by atoms with Crippen molar-refractivity contribution in [3.63, 3.8) is 0 Å². The minimum atomic E-state index is 0.147. The highest BCUT2D eigenvalue weighted by atomic mass is 127. The van der Waals surface area contributed by atoms with Gasteiger partial charge in [-0.3, -0.25) is 8.32 Å². The van der Waals surface area contributed by atoms with Crippen LogP contribution in [0.5, 0.6) is 0 Å². The average Bonchev–Trinajstić information content (AvgIpc) is 2.26. The fraction of sp³-hybridized carbons (Fsp3) is 0.900. The van der Waals surface area contributed by atoms with Crippen molar-refractivity contribution in [1.82, 2.24) is 8.43 Å². The van der Waals surface area contributed by atoms with Gasteiger partial charge in [0.25, 0.3) is 0 Å². The van der Waals surface area contributed by atoms with E-state index in [0.717, 1.165) is 13.0 Å². The van der Waals surface area contributed by atoms with Crippen molar-refractivity contribution in [2.24, 2.45) is 5.92 Å². The first-order valence-corrected chi connectivity index (χ1v) is 6.44. The Bertz CT molecular complexity index is 181. The Balaban J connectivity index is 2.15. The average molecular weight is 310 g/mol. The molecule has 1 rings (SSSR count). The Labute approximate surface area is 100 Å². The van der Waals surface area contributed by atoms with Crippen LogP contribution in [0.2, 0.25) is 0 Å². The van der Waals surface area contributed by atoms with Crippen LogP contribution in [0.4, 0.5) is 0 Å². The highest BCUT2D eigenvalue weighted by molar-refractivity contribution is 14.1. The van der Waals surface area contributed by atoms with Gasteiger partial charge in [-0.25, -0.2) is 0 Å². The van der Waals surface area contributed by atoms with Gasteiger partial charge in [0, 0.05) is 5.92 Å². The van der Waals surface area contributed by atoms with Crippen LogP contribution in [0.1, 0.15) is 32.6 Å². The van der Waals surface area contributed by atoms with Gasteiger partial charge in [0.2, 0.25) is 5.91 Å². The van der Waals surface area contributed by atoms with Gasteiger partial charge in [0.15, 0.2) is 0 Å². The van der Waals surface area contributed by atoms with E-state index in [1.165, 1.54) is 32.4 Å². The fourth-order valence-corrected chi connectivity index (χ4v) is 2.32. The third kappa shape index (κ3) is 4.13. The summed E-state index contributed by atoms with van der Waals surface area (Å²) in [5.74, 6) is 0.302. The van der Waals surface area contributed by atoms with E-state index in [9.17, 15) is 4.79 Å². The minimum absolute atomic E-state index is 0.147. The maximum atomic E-state index is 11.2. The Morgan fingerprint density at radius 1 is 1.43 bits per heavy atom. The highest BCUT2D eigenvalue weighted by Crippen LogP contribution is 2.11. The van der Waals surface area contributed by atoms with Crippen LogP contribution in [-0.2, 0) is 4.79 Å². The van der Waals surface area contributed by atoms with Crippen molar-refractivity contribution >= 4 is 28.8 Å². The molecule has 1 fully saturated rings. The Kier molecular flexibility index (Phi) is 5.77. The van der Waals surface area contributed by atoms with E-state index in [0.29, 0.717) is 0 Å². The minimum Gasteiger partial charge on any atom is -0.303 e. The molecular weight excluding hydrogens is 291 g/mol. The van der Waals surface area contributed by atoms with Crippen LogP contribution in [0.15, 0.2) is 0 Å². The lowest BCUT2D eigenvalue weighted by molar-refractivity contribution is -0.122. The van der Waals surface area contributed by atoms with Gasteiger partial charge in [-0.1, -0.05) is 13.3 Å². The van der Waals surface area contributed by atoms with E-state index in [1.807, 2.05) is 29.8 Å². The molecule has 1 amide bonds. The van der Waals surface area contributed by atoms with E-state index in [-0.39, 0.29) is 11.8 Å². The molecule has 1 unspecified atom stereocenters. The number of nitrogens with one attached hydrogen (secondary N) is 1. The van der Waals surface area contributed by atoms with E-state index in [4.69, 9.17) is 0 Å². The van der Waals surface area contributed by atoms with Gasteiger partial charge in [-0.15, -0.1) is 0 Å². The van der Waals surface area contributed by atoms with Crippen molar-refractivity contribution in [2.75, 3.05) is 19.6 Å². The van der Waals surface area contributed by atoms with Crippen molar-refractivity contribution in [1.29, 1.82) is 0 Å². The molecule has 0 radical (unpaired) electrons. The maximum absolute atomic E-state index is 11.2. The lowest BCUT2D eigenvalue weighted by Crippen LogP contribution is -2.33. The van der Waals surface area contributed by atoms with Crippen molar-refractivity contribution in [3.05, 3.63) is 0 Å². The van der Waals surface area contributed by atoms with Crippen LogP contribution < -0.4 is 3.53 Å². The number of piperidine rings is 1. The molecule has 1 heterocycles. The smallest absolute Gasteiger partial charge is 0.231 e. The quantitative estimate of drug-likeness (QED) is 0.636. The summed E-state index contributed by atoms with van der Waals surface area (Å²) in [5.41, 5.74) is 0. The summed E-state index contributed by atoms with van der Waals surface area (Å²) in [6.07, 6.45) is 5.01. The van der Waals surface area contributed by atoms with Crippen LogP contribution in [-0.4, -0.2) is 30.4 Å². The molecule has 0 spiro atoms. The zero-order valence-corrected chi connectivity index (χ0v) is 10.9. The molecule has 1 N–H and O–H groups in total. The summed E-state index contributed by atoms with van der Waals surface area (Å²) in [5, 5.41) is 0. The summed E-state index contributed by atoms with van der Waals surface area (Å²) in [7, 11) is 0. The molecule has 1 aliphatic heterocycles. The van der Waals surface area contributed by atoms with E-state index >= 15 is 0 Å². The number of hydrogen-bond donors (Lipinski definition) is 1. The van der Waals surface area contributed by atoms with Crippen LogP contribution in [0.25, 0.3) is 0 Å². The van der Waals surface area contributed by atoms with Gasteiger partial charge in [0.1, 0.15) is 0 Å². The van der Waals surface area contributed by atoms with Crippen LogP contribution >= 0.6 is 22.9 Å². The van der Waals surface area contributed by atoms with Crippen molar-refractivity contribution in [3.8, 4) is 0 Å². The molecule has 1 atom stereocenters. The second-order valence-electron chi connectivity index (χ2n) is 4.05. The maximum Gasteiger partial charge on any atom is 0.231 e. The van der Waals surface area contributed by atoms with Gasteiger partial charge >= 0.3 is 0 Å². The molecular formula is C10H19IN2O. The summed E-state index contributed by atoms with van der Waals surface area (Å²) < 4.78 is 2.67. The number of carbonyl (C=O) groups is 1. The van der Waals surface area contributed by atoms with E-state index in [2.05, 4.69) is 8.43 Å². The standard InChI is InChI=1S/C10H19IN2O/c1-9(10(14)12-11)5-8-13-6-3-2-4-7-13/h9H,2-8H2,1H3,(H,12,14). The van der Waals surface area contributed by atoms with Crippen molar-refractivity contribution < 1.29 is 4.79 Å². The second kappa shape index (κ2) is 6.61. The number of likely N-dealkylation sites (tertiary alicyclic amines) is 1. The molecule has 0 aromatic heterocycles. The fourth-order valence-electron chi connectivity index (χ4n) is 1.78. The predicted octanol–water partition coefficient (Wildman–Crippen LogP) is 1.96. The van der Waals surface area contributed by atoms with Crippen molar-refractivity contribution in [2.45, 2.75) is 32.6 Å². The van der Waals surface area contributed by atoms with Gasteiger partial charge in [-0.2, -0.15) is 0 Å². The highest BCUT2D eigenvalue weighted by Gasteiger charge is 2.15. The van der Waals surface area contributed by atoms with Gasteiger partial charge in [0.05, 0.1) is 22.9 Å². The van der Waals surface area contributed by atoms with E-state index < -0.39 is 0 Å². The first-order chi connectivity index (χ1) is 6.74. The van der Waals surface area contributed by atoms with Crippen LogP contribution in [0.3, 0.4) is 0 Å². The molecule has 0 aromatic carbocycles. The monoisotopic (exact) mass is 310 g/mol. The third-order valence-corrected chi connectivity index (χ3v) is 3.40. The largest absolute Gasteiger partial charge is 0.303 e. The van der Waals surface area contributed by atoms with Gasteiger partial charge < -0.3 is 4.90 Å². The number of halogens is 1. The molecule has 0 aliphatic carbocycles. The first kappa shape index (κ1) is 12.2. The summed E-state index contributed by atoms with van der Waals surface area (Å²) >= 11 is 1.91. The molecule has 1 aliphatic rings. The zero-order valence-electron chi connectivity index (χ0n) is 8.76. The lowest BCUT2D eigenvalue weighted by Gasteiger charge is -2.27. The molecule has 82 valence electrons.